The van der Waals surface area contributed by atoms with Crippen LogP contribution in [-0.2, 0) is 6.54 Å². The number of nitrogens with one attached hydrogen (secondary N) is 3. The molecule has 3 heterocycles. The first-order chi connectivity index (χ1) is 10.2. The van der Waals surface area contributed by atoms with Crippen LogP contribution in [0.25, 0.3) is 10.2 Å². The number of amides is 1. The van der Waals surface area contributed by atoms with Crippen molar-refractivity contribution in [2.24, 2.45) is 0 Å². The van der Waals surface area contributed by atoms with Crippen LogP contribution in [0.1, 0.15) is 10.5 Å². The lowest BCUT2D eigenvalue weighted by molar-refractivity contribution is 0.0947. The van der Waals surface area contributed by atoms with Gasteiger partial charge in [0.05, 0.1) is 18.0 Å². The van der Waals surface area contributed by atoms with Crippen molar-refractivity contribution in [1.29, 1.82) is 0 Å². The molecular weight excluding hydrogens is 294 g/mol. The van der Waals surface area contributed by atoms with Crippen molar-refractivity contribution >= 4 is 27.5 Å². The molecule has 0 unspecified atom stereocenters. The fourth-order valence-electron chi connectivity index (χ4n) is 1.93. The van der Waals surface area contributed by atoms with Crippen LogP contribution in [0.2, 0.25) is 0 Å². The molecule has 1 amide bonds. The van der Waals surface area contributed by atoms with Crippen LogP contribution in [0.15, 0.2) is 33.6 Å². The Morgan fingerprint density at radius 2 is 2.29 bits per heavy atom. The van der Waals surface area contributed by atoms with Crippen molar-refractivity contribution in [3.8, 4) is 0 Å². The maximum Gasteiger partial charge on any atom is 0.328 e. The highest BCUT2D eigenvalue weighted by atomic mass is 32.1. The van der Waals surface area contributed by atoms with E-state index in [4.69, 9.17) is 0 Å². The molecule has 0 aromatic carbocycles. The van der Waals surface area contributed by atoms with Crippen molar-refractivity contribution in [3.63, 3.8) is 0 Å². The van der Waals surface area contributed by atoms with Crippen LogP contribution in [0, 0.1) is 0 Å². The van der Waals surface area contributed by atoms with Crippen molar-refractivity contribution in [3.05, 3.63) is 50.5 Å². The largest absolute Gasteiger partial charge is 0.349 e. The summed E-state index contributed by atoms with van der Waals surface area (Å²) in [6.45, 7) is 0.263. The smallest absolute Gasteiger partial charge is 0.328 e. The van der Waals surface area contributed by atoms with E-state index in [9.17, 15) is 14.4 Å². The average molecular weight is 305 g/mol. The van der Waals surface area contributed by atoms with Gasteiger partial charge in [-0.1, -0.05) is 0 Å². The molecule has 3 rings (SSSR count). The van der Waals surface area contributed by atoms with E-state index in [1.807, 2.05) is 0 Å². The molecule has 0 radical (unpaired) electrons. The zero-order chi connectivity index (χ0) is 14.8. The van der Waals surface area contributed by atoms with Crippen LogP contribution < -0.4 is 16.6 Å². The van der Waals surface area contributed by atoms with E-state index in [1.54, 1.807) is 11.4 Å². The second kappa shape index (κ2) is 5.37. The number of fused-ring (bicyclic) bond motifs is 1. The van der Waals surface area contributed by atoms with Crippen molar-refractivity contribution in [1.82, 2.24) is 24.8 Å². The topological polar surface area (TPSA) is 113 Å². The summed E-state index contributed by atoms with van der Waals surface area (Å²) < 4.78 is 1.57. The molecule has 0 saturated heterocycles. The maximum atomic E-state index is 12.1. The molecule has 3 N–H and O–H groups in total. The third-order valence-corrected chi connectivity index (χ3v) is 3.86. The molecule has 3 aromatic rings. The standard InChI is InChI=1S/C12H11N5O3S/c18-10(8-5-13-6-15-8)14-2-3-17-11(19)9-7(1-4-21-9)16-12(17)20/h1,4-6H,2-3H2,(H,13,15)(H,14,18)(H,16,20). The molecular formula is C12H11N5O3S. The second-order valence-corrected chi connectivity index (χ2v) is 5.19. The van der Waals surface area contributed by atoms with E-state index in [0.717, 1.165) is 4.57 Å². The van der Waals surface area contributed by atoms with Gasteiger partial charge >= 0.3 is 5.69 Å². The number of carbonyl (C=O) groups is 1. The summed E-state index contributed by atoms with van der Waals surface area (Å²) in [5, 5.41) is 4.35. The zero-order valence-corrected chi connectivity index (χ0v) is 11.6. The summed E-state index contributed by atoms with van der Waals surface area (Å²) in [7, 11) is 0. The number of imidazole rings is 1. The van der Waals surface area contributed by atoms with Crippen LogP contribution >= 0.6 is 11.3 Å². The first-order valence-electron chi connectivity index (χ1n) is 6.13. The quantitative estimate of drug-likeness (QED) is 0.625. The van der Waals surface area contributed by atoms with Gasteiger partial charge in [-0.25, -0.2) is 9.78 Å². The predicted octanol–water partition coefficient (Wildman–Crippen LogP) is -0.0956. The number of rotatable bonds is 4. The highest BCUT2D eigenvalue weighted by Crippen LogP contribution is 2.11. The number of aromatic nitrogens is 4. The second-order valence-electron chi connectivity index (χ2n) is 4.27. The van der Waals surface area contributed by atoms with Gasteiger partial charge in [0, 0.05) is 13.1 Å². The summed E-state index contributed by atoms with van der Waals surface area (Å²) >= 11 is 1.27. The Labute approximate surface area is 121 Å². The number of carbonyl (C=O) groups excluding carboxylic acids is 1. The van der Waals surface area contributed by atoms with Gasteiger partial charge in [-0.05, 0) is 11.4 Å². The number of nitrogens with zero attached hydrogens (tertiary/aromatic N) is 2. The van der Waals surface area contributed by atoms with E-state index in [1.165, 1.54) is 23.9 Å². The third kappa shape index (κ3) is 2.50. The normalized spacial score (nSPS) is 10.9. The molecule has 9 heteroatoms. The summed E-state index contributed by atoms with van der Waals surface area (Å²) in [6.07, 6.45) is 2.79. The number of aromatic amines is 2. The molecule has 0 atom stereocenters. The van der Waals surface area contributed by atoms with Crippen LogP contribution in [0.3, 0.4) is 0 Å². The predicted molar refractivity (Wildman–Crippen MR) is 77.6 cm³/mol. The number of hydrogen-bond acceptors (Lipinski definition) is 5. The first-order valence-corrected chi connectivity index (χ1v) is 7.01. The van der Waals surface area contributed by atoms with Gasteiger partial charge in [0.25, 0.3) is 11.5 Å². The minimum absolute atomic E-state index is 0.0991. The Morgan fingerprint density at radius 1 is 1.43 bits per heavy atom. The van der Waals surface area contributed by atoms with Gasteiger partial charge in [-0.15, -0.1) is 11.3 Å². The van der Waals surface area contributed by atoms with E-state index >= 15 is 0 Å². The molecule has 21 heavy (non-hydrogen) atoms. The number of hydrogen-bond donors (Lipinski definition) is 3. The molecule has 0 aliphatic heterocycles. The first kappa shape index (κ1) is 13.3. The lowest BCUT2D eigenvalue weighted by atomic mass is 10.4. The van der Waals surface area contributed by atoms with Gasteiger partial charge in [-0.3, -0.25) is 14.2 Å². The highest BCUT2D eigenvalue weighted by molar-refractivity contribution is 7.17. The maximum absolute atomic E-state index is 12.1. The minimum atomic E-state index is -0.485. The molecule has 0 aliphatic rings. The molecule has 0 fully saturated rings. The molecule has 0 saturated carbocycles. The lowest BCUT2D eigenvalue weighted by Gasteiger charge is -2.06. The van der Waals surface area contributed by atoms with Gasteiger partial charge in [0.1, 0.15) is 10.4 Å². The van der Waals surface area contributed by atoms with Crippen LogP contribution in [0.4, 0.5) is 0 Å². The lowest BCUT2D eigenvalue weighted by Crippen LogP contribution is -2.38. The van der Waals surface area contributed by atoms with Gasteiger partial charge in [0.15, 0.2) is 0 Å². The van der Waals surface area contributed by atoms with Crippen LogP contribution in [-0.4, -0.2) is 32.0 Å². The van der Waals surface area contributed by atoms with Crippen molar-refractivity contribution in [2.75, 3.05) is 6.54 Å². The summed E-state index contributed by atoms with van der Waals surface area (Å²) in [6, 6.07) is 1.69. The molecule has 108 valence electrons. The molecule has 3 aromatic heterocycles. The highest BCUT2D eigenvalue weighted by Gasteiger charge is 2.10. The summed E-state index contributed by atoms with van der Waals surface area (Å²) in [5.74, 6) is -0.339. The molecule has 0 bridgehead atoms. The molecule has 0 spiro atoms. The van der Waals surface area contributed by atoms with Gasteiger partial charge in [-0.2, -0.15) is 0 Å². The zero-order valence-electron chi connectivity index (χ0n) is 10.8. The SMILES string of the molecule is O=C(NCCn1c(=O)[nH]c2ccsc2c1=O)c1cnc[nH]1. The van der Waals surface area contributed by atoms with Gasteiger partial charge < -0.3 is 15.3 Å². The number of H-pyrrole nitrogens is 2. The van der Waals surface area contributed by atoms with E-state index in [2.05, 4.69) is 20.3 Å². The van der Waals surface area contributed by atoms with E-state index < -0.39 is 5.69 Å². The van der Waals surface area contributed by atoms with Gasteiger partial charge in [0.2, 0.25) is 0 Å². The Morgan fingerprint density at radius 3 is 3.05 bits per heavy atom. The number of thiophene rings is 1. The van der Waals surface area contributed by atoms with Crippen molar-refractivity contribution < 1.29 is 4.79 Å². The molecule has 8 nitrogen and oxygen atoms in total. The Bertz CT molecular complexity index is 890. The van der Waals surface area contributed by atoms with Crippen molar-refractivity contribution in [2.45, 2.75) is 6.54 Å². The van der Waals surface area contributed by atoms with E-state index in [0.29, 0.717) is 15.9 Å². The van der Waals surface area contributed by atoms with Crippen LogP contribution in [0.5, 0.6) is 0 Å². The Hall–Kier alpha value is -2.68. The summed E-state index contributed by atoms with van der Waals surface area (Å²) in [4.78, 5) is 44.7. The third-order valence-electron chi connectivity index (χ3n) is 2.96. The fourth-order valence-corrected chi connectivity index (χ4v) is 2.73. The van der Waals surface area contributed by atoms with E-state index in [-0.39, 0.29) is 24.6 Å². The minimum Gasteiger partial charge on any atom is -0.349 e. The molecule has 0 aliphatic carbocycles. The Balaban J connectivity index is 1.75. The average Bonchev–Trinajstić information content (AvgIpc) is 3.12. The summed E-state index contributed by atoms with van der Waals surface area (Å²) in [5.41, 5.74) is 0.0268. The Kier molecular flexibility index (Phi) is 3.40. The fraction of sp³-hybridized carbons (Fsp3) is 0.167. The monoisotopic (exact) mass is 305 g/mol.